The van der Waals surface area contributed by atoms with Crippen molar-refractivity contribution in [3.63, 3.8) is 0 Å². The number of hydrogen-bond acceptors (Lipinski definition) is 3. The largest absolute Gasteiger partial charge is 0.497 e. The first kappa shape index (κ1) is 14.7. The van der Waals surface area contributed by atoms with Gasteiger partial charge in [-0.15, -0.1) is 0 Å². The number of methoxy groups -OCH3 is 1. The van der Waals surface area contributed by atoms with Crippen LogP contribution < -0.4 is 4.74 Å². The standard InChI is InChI=1S/C15H16O4S/c1-18-14-6-2-12(3-7-14)10-19-11-13-4-8-15(9-5-13)20(16)17/h2-9H,10-11H2,1H3,(H,16,17). The second kappa shape index (κ2) is 7.19. The highest BCUT2D eigenvalue weighted by atomic mass is 32.2. The van der Waals surface area contributed by atoms with Gasteiger partial charge in [0.05, 0.1) is 25.2 Å². The minimum Gasteiger partial charge on any atom is -0.497 e. The molecule has 2 aromatic carbocycles. The van der Waals surface area contributed by atoms with Gasteiger partial charge in [-0.05, 0) is 35.4 Å². The van der Waals surface area contributed by atoms with Crippen LogP contribution in [0.25, 0.3) is 0 Å². The molecule has 0 aliphatic heterocycles. The average Bonchev–Trinajstić information content (AvgIpc) is 2.48. The molecule has 2 aromatic rings. The molecule has 1 unspecified atom stereocenters. The van der Waals surface area contributed by atoms with Crippen LogP contribution in [0.1, 0.15) is 11.1 Å². The van der Waals surface area contributed by atoms with E-state index in [2.05, 4.69) is 0 Å². The van der Waals surface area contributed by atoms with E-state index in [-0.39, 0.29) is 0 Å². The van der Waals surface area contributed by atoms with E-state index in [1.54, 1.807) is 31.4 Å². The van der Waals surface area contributed by atoms with Crippen molar-refractivity contribution in [1.82, 2.24) is 0 Å². The second-order valence-electron chi connectivity index (χ2n) is 4.23. The molecule has 0 heterocycles. The maximum Gasteiger partial charge on any atom is 0.186 e. The summed E-state index contributed by atoms with van der Waals surface area (Å²) in [4.78, 5) is 0.393. The molecular formula is C15H16O4S. The molecule has 0 aliphatic rings. The van der Waals surface area contributed by atoms with Crippen LogP contribution in [0, 0.1) is 0 Å². The van der Waals surface area contributed by atoms with Crippen molar-refractivity contribution >= 4 is 11.1 Å². The van der Waals surface area contributed by atoms with Crippen LogP contribution in [0.5, 0.6) is 5.75 Å². The number of benzene rings is 2. The summed E-state index contributed by atoms with van der Waals surface area (Å²) >= 11 is -1.93. The molecule has 0 fully saturated rings. The topological polar surface area (TPSA) is 55.8 Å². The Bertz CT molecular complexity index is 563. The van der Waals surface area contributed by atoms with Crippen LogP contribution >= 0.6 is 0 Å². The SMILES string of the molecule is COc1ccc(COCc2ccc(S(=O)O)cc2)cc1. The highest BCUT2D eigenvalue weighted by Crippen LogP contribution is 2.13. The fourth-order valence-electron chi connectivity index (χ4n) is 1.71. The Morgan fingerprint density at radius 2 is 1.45 bits per heavy atom. The first-order chi connectivity index (χ1) is 9.69. The van der Waals surface area contributed by atoms with E-state index in [1.807, 2.05) is 24.3 Å². The molecule has 4 nitrogen and oxygen atoms in total. The Balaban J connectivity index is 1.84. The van der Waals surface area contributed by atoms with Crippen molar-refractivity contribution in [2.24, 2.45) is 0 Å². The van der Waals surface area contributed by atoms with Crippen LogP contribution in [0.4, 0.5) is 0 Å². The van der Waals surface area contributed by atoms with Crippen molar-refractivity contribution in [2.45, 2.75) is 18.1 Å². The van der Waals surface area contributed by atoms with Gasteiger partial charge in [-0.3, -0.25) is 0 Å². The molecule has 0 aliphatic carbocycles. The highest BCUT2D eigenvalue weighted by Gasteiger charge is 2.00. The quantitative estimate of drug-likeness (QED) is 0.832. The van der Waals surface area contributed by atoms with Crippen LogP contribution in [0.2, 0.25) is 0 Å². The molecular weight excluding hydrogens is 276 g/mol. The van der Waals surface area contributed by atoms with Crippen LogP contribution in [0.15, 0.2) is 53.4 Å². The summed E-state index contributed by atoms with van der Waals surface area (Å²) in [7, 11) is 1.63. The lowest BCUT2D eigenvalue weighted by molar-refractivity contribution is 0.107. The maximum absolute atomic E-state index is 10.8. The predicted molar refractivity (Wildman–Crippen MR) is 77.0 cm³/mol. The van der Waals surface area contributed by atoms with Gasteiger partial charge in [-0.25, -0.2) is 4.21 Å². The molecule has 0 amide bonds. The van der Waals surface area contributed by atoms with Crippen molar-refractivity contribution in [2.75, 3.05) is 7.11 Å². The molecule has 106 valence electrons. The minimum atomic E-state index is -1.93. The summed E-state index contributed by atoms with van der Waals surface area (Å²) < 4.78 is 30.4. The summed E-state index contributed by atoms with van der Waals surface area (Å²) in [5.41, 5.74) is 2.03. The van der Waals surface area contributed by atoms with Gasteiger partial charge < -0.3 is 14.0 Å². The second-order valence-corrected chi connectivity index (χ2v) is 5.20. The smallest absolute Gasteiger partial charge is 0.186 e. The molecule has 0 aromatic heterocycles. The zero-order valence-corrected chi connectivity index (χ0v) is 11.9. The monoisotopic (exact) mass is 292 g/mol. The van der Waals surface area contributed by atoms with E-state index in [9.17, 15) is 4.21 Å². The van der Waals surface area contributed by atoms with Gasteiger partial charge in [0.2, 0.25) is 0 Å². The van der Waals surface area contributed by atoms with Gasteiger partial charge in [0.15, 0.2) is 11.1 Å². The van der Waals surface area contributed by atoms with Crippen LogP contribution in [-0.4, -0.2) is 15.9 Å². The van der Waals surface area contributed by atoms with Crippen molar-refractivity contribution in [1.29, 1.82) is 0 Å². The molecule has 1 atom stereocenters. The van der Waals surface area contributed by atoms with E-state index in [1.165, 1.54) is 0 Å². The molecule has 0 saturated heterocycles. The molecule has 0 bridgehead atoms. The zero-order chi connectivity index (χ0) is 14.4. The summed E-state index contributed by atoms with van der Waals surface area (Å²) in [5, 5.41) is 0. The molecule has 20 heavy (non-hydrogen) atoms. The van der Waals surface area contributed by atoms with Gasteiger partial charge in [-0.2, -0.15) is 0 Å². The summed E-state index contributed by atoms with van der Waals surface area (Å²) in [5.74, 6) is 0.821. The van der Waals surface area contributed by atoms with Gasteiger partial charge in [0.1, 0.15) is 5.75 Å². The molecule has 0 spiro atoms. The van der Waals surface area contributed by atoms with Gasteiger partial charge in [0.25, 0.3) is 0 Å². The lowest BCUT2D eigenvalue weighted by Crippen LogP contribution is -1.95. The minimum absolute atomic E-state index is 0.393. The van der Waals surface area contributed by atoms with Crippen molar-refractivity contribution < 1.29 is 18.2 Å². The summed E-state index contributed by atoms with van der Waals surface area (Å²) in [6, 6.07) is 14.5. The van der Waals surface area contributed by atoms with Gasteiger partial charge >= 0.3 is 0 Å². The van der Waals surface area contributed by atoms with E-state index in [4.69, 9.17) is 14.0 Å². The van der Waals surface area contributed by atoms with Crippen molar-refractivity contribution in [3.8, 4) is 5.75 Å². The fourth-order valence-corrected chi connectivity index (χ4v) is 2.08. The lowest BCUT2D eigenvalue weighted by atomic mass is 10.2. The van der Waals surface area contributed by atoms with E-state index < -0.39 is 11.1 Å². The normalized spacial score (nSPS) is 12.1. The van der Waals surface area contributed by atoms with Gasteiger partial charge in [0, 0.05) is 0 Å². The first-order valence-corrected chi connectivity index (χ1v) is 7.20. The zero-order valence-electron chi connectivity index (χ0n) is 11.1. The Labute approximate surface area is 120 Å². The van der Waals surface area contributed by atoms with Crippen molar-refractivity contribution in [3.05, 3.63) is 59.7 Å². The molecule has 2 rings (SSSR count). The summed E-state index contributed by atoms with van der Waals surface area (Å²) in [6.07, 6.45) is 0. The third kappa shape index (κ3) is 4.16. The molecule has 0 saturated carbocycles. The van der Waals surface area contributed by atoms with Crippen LogP contribution in [-0.2, 0) is 29.0 Å². The first-order valence-electron chi connectivity index (χ1n) is 6.09. The van der Waals surface area contributed by atoms with E-state index in [0.29, 0.717) is 18.1 Å². The fraction of sp³-hybridized carbons (Fsp3) is 0.200. The number of ether oxygens (including phenoxy) is 2. The third-order valence-electron chi connectivity index (χ3n) is 2.82. The Hall–Kier alpha value is -1.69. The lowest BCUT2D eigenvalue weighted by Gasteiger charge is -2.06. The highest BCUT2D eigenvalue weighted by molar-refractivity contribution is 7.79. The summed E-state index contributed by atoms with van der Waals surface area (Å²) in [6.45, 7) is 0.974. The maximum atomic E-state index is 10.8. The molecule has 5 heteroatoms. The number of hydrogen-bond donors (Lipinski definition) is 1. The Kier molecular flexibility index (Phi) is 5.29. The Morgan fingerprint density at radius 1 is 0.950 bits per heavy atom. The predicted octanol–water partition coefficient (Wildman–Crippen LogP) is 2.99. The number of rotatable bonds is 6. The van der Waals surface area contributed by atoms with Gasteiger partial charge in [-0.1, -0.05) is 24.3 Å². The van der Waals surface area contributed by atoms with Crippen LogP contribution in [0.3, 0.4) is 0 Å². The molecule has 1 N–H and O–H groups in total. The van der Waals surface area contributed by atoms with E-state index >= 15 is 0 Å². The van der Waals surface area contributed by atoms with E-state index in [0.717, 1.165) is 16.9 Å². The third-order valence-corrected chi connectivity index (χ3v) is 3.50. The average molecular weight is 292 g/mol. The Morgan fingerprint density at radius 3 is 1.90 bits per heavy atom. The molecule has 0 radical (unpaired) electrons.